The number of nitrogens with zero attached hydrogens (tertiary/aromatic N) is 4. The molecule has 29 heteroatoms. The van der Waals surface area contributed by atoms with E-state index in [9.17, 15) is 57.9 Å². The minimum absolute atomic E-state index is 0.0284. The van der Waals surface area contributed by atoms with Crippen molar-refractivity contribution in [2.24, 2.45) is 5.41 Å². The number of hydrogen-bond donors (Lipinski definition) is 10. The zero-order valence-electron chi connectivity index (χ0n) is 27.9. The normalized spacial score (nSPS) is 22.0. The molecule has 53 heavy (non-hydrogen) atoms. The molecule has 2 aromatic heterocycles. The molecule has 2 aromatic rings. The van der Waals surface area contributed by atoms with Crippen LogP contribution in [0.1, 0.15) is 26.5 Å². The topological polar surface area (TPSA) is 376 Å². The molecule has 3 heterocycles. The third-order valence-electron chi connectivity index (χ3n) is 6.96. The molecule has 298 valence electrons. The molecule has 1 fully saturated rings. The van der Waals surface area contributed by atoms with Crippen molar-refractivity contribution >= 4 is 70.1 Å². The maximum atomic E-state index is 12.6. The van der Waals surface area contributed by atoms with Gasteiger partial charge in [0.1, 0.15) is 36.3 Å². The molecule has 25 nitrogen and oxygen atoms in total. The van der Waals surface area contributed by atoms with E-state index in [1.165, 1.54) is 13.8 Å². The lowest BCUT2D eigenvalue weighted by Crippen LogP contribution is -2.46. The summed E-state index contributed by atoms with van der Waals surface area (Å²) in [4.78, 5) is 86.3. The van der Waals surface area contributed by atoms with Gasteiger partial charge in [0, 0.05) is 30.7 Å². The van der Waals surface area contributed by atoms with E-state index in [-0.39, 0.29) is 36.5 Å². The smallest absolute Gasteiger partial charge is 0.386 e. The van der Waals surface area contributed by atoms with Crippen molar-refractivity contribution in [1.82, 2.24) is 34.9 Å². The van der Waals surface area contributed by atoms with Crippen molar-refractivity contribution in [3.8, 4) is 0 Å². The monoisotopic (exact) mass is 836 g/mol. The summed E-state index contributed by atoms with van der Waals surface area (Å²) in [5.74, 6) is -1.51. The van der Waals surface area contributed by atoms with Crippen LogP contribution in [0.4, 0.5) is 5.82 Å². The number of anilines is 1. The molecule has 0 saturated carbocycles. The number of phosphoric ester groups is 3. The van der Waals surface area contributed by atoms with Gasteiger partial charge < -0.3 is 50.9 Å². The number of phosphoric acid groups is 3. The summed E-state index contributed by atoms with van der Waals surface area (Å²) < 4.78 is 64.3. The summed E-state index contributed by atoms with van der Waals surface area (Å²) in [6.45, 7) is 3.77. The highest BCUT2D eigenvalue weighted by atomic mass is 32.2. The van der Waals surface area contributed by atoms with Gasteiger partial charge in [-0.2, -0.15) is 4.31 Å². The summed E-state index contributed by atoms with van der Waals surface area (Å²) in [7, 11) is -16.4. The maximum Gasteiger partial charge on any atom is 0.481 e. The fraction of sp³-hybridized carbons (Fsp3) is 0.583. The SMILES string of the molecule is C=CC(=O)NSCCNC(=O)CCNC(=O)[C@H](O)C(C)(C)COP(=O)(O)OP(=O)(O)OC[C@H]1O[C@@H](n2cnc3c(N)ncnc32)[C@H](O)[C@@H]1OP(=O)(O)O. The number of nitrogens with one attached hydrogen (secondary N) is 3. The van der Waals surface area contributed by atoms with E-state index in [0.29, 0.717) is 5.75 Å². The Morgan fingerprint density at radius 2 is 1.79 bits per heavy atom. The number of carbonyl (C=O) groups excluding carboxylic acids is 3. The molecule has 1 aliphatic rings. The van der Waals surface area contributed by atoms with Gasteiger partial charge in [0.2, 0.25) is 11.8 Å². The molecule has 1 aliphatic heterocycles. The van der Waals surface area contributed by atoms with Crippen LogP contribution in [0.15, 0.2) is 25.3 Å². The summed E-state index contributed by atoms with van der Waals surface area (Å²) in [6.07, 6.45) is -5.84. The van der Waals surface area contributed by atoms with Gasteiger partial charge in [0.25, 0.3) is 5.91 Å². The highest BCUT2D eigenvalue weighted by molar-refractivity contribution is 7.97. The molecule has 0 radical (unpaired) electrons. The first-order valence-corrected chi connectivity index (χ1v) is 20.5. The van der Waals surface area contributed by atoms with Crippen molar-refractivity contribution < 1.29 is 80.5 Å². The minimum Gasteiger partial charge on any atom is -0.386 e. The first-order chi connectivity index (χ1) is 24.6. The lowest BCUT2D eigenvalue weighted by molar-refractivity contribution is -0.137. The van der Waals surface area contributed by atoms with Crippen LogP contribution >= 0.6 is 35.4 Å². The number of nitrogen functional groups attached to an aromatic ring is 1. The van der Waals surface area contributed by atoms with E-state index in [1.807, 2.05) is 0 Å². The molecule has 0 bridgehead atoms. The number of hydrogen-bond acceptors (Lipinski definition) is 18. The van der Waals surface area contributed by atoms with Crippen molar-refractivity contribution in [2.45, 2.75) is 50.9 Å². The van der Waals surface area contributed by atoms with Crippen molar-refractivity contribution in [1.29, 1.82) is 0 Å². The number of rotatable bonds is 21. The van der Waals surface area contributed by atoms with Crippen LogP contribution in [0.5, 0.6) is 0 Å². The Bertz CT molecular complexity index is 1780. The Morgan fingerprint density at radius 1 is 1.11 bits per heavy atom. The third-order valence-corrected chi connectivity index (χ3v) is 10.8. The molecule has 2 unspecified atom stereocenters. The van der Waals surface area contributed by atoms with Crippen molar-refractivity contribution in [3.05, 3.63) is 25.3 Å². The first-order valence-electron chi connectivity index (χ1n) is 15.0. The predicted octanol–water partition coefficient (Wildman–Crippen LogP) is -1.64. The Morgan fingerprint density at radius 3 is 2.45 bits per heavy atom. The van der Waals surface area contributed by atoms with Gasteiger partial charge >= 0.3 is 23.5 Å². The maximum absolute atomic E-state index is 12.6. The van der Waals surface area contributed by atoms with Crippen LogP contribution < -0.4 is 21.1 Å². The predicted molar refractivity (Wildman–Crippen MR) is 180 cm³/mol. The number of carbonyl (C=O) groups is 3. The van der Waals surface area contributed by atoms with Crippen LogP contribution in [0.25, 0.3) is 11.2 Å². The fourth-order valence-electron chi connectivity index (χ4n) is 4.35. The Labute approximate surface area is 304 Å². The molecular formula is C24H39N8O17P3S. The quantitative estimate of drug-likeness (QED) is 0.0291. The Hall–Kier alpha value is -2.90. The zero-order valence-corrected chi connectivity index (χ0v) is 31.4. The number of fused-ring (bicyclic) bond motifs is 1. The number of aromatic nitrogens is 4. The van der Waals surface area contributed by atoms with Crippen LogP contribution in [0.2, 0.25) is 0 Å². The lowest BCUT2D eigenvalue weighted by Gasteiger charge is -2.30. The highest BCUT2D eigenvalue weighted by Crippen LogP contribution is 2.61. The second kappa shape index (κ2) is 18.6. The van der Waals surface area contributed by atoms with Crippen LogP contribution in [-0.2, 0) is 50.7 Å². The molecule has 11 N–H and O–H groups in total. The second-order valence-corrected chi connectivity index (χ2v) is 16.7. The van der Waals surface area contributed by atoms with Gasteiger partial charge in [0.05, 0.1) is 19.5 Å². The molecule has 3 rings (SSSR count). The van der Waals surface area contributed by atoms with E-state index in [0.717, 1.165) is 35.2 Å². The van der Waals surface area contributed by atoms with Gasteiger partial charge in [-0.15, -0.1) is 0 Å². The van der Waals surface area contributed by atoms with E-state index in [2.05, 4.69) is 45.7 Å². The standard InChI is InChI=1S/C24H39N8O17P3S/c1-4-14(33)31-53-8-7-26-15(34)5-6-27-22(37)19(36)24(2,3)10-46-52(43,44)49-51(41,42)45-9-13-18(48-50(38,39)40)17(35)23(47-13)32-12-30-16-20(25)28-11-29-21(16)32/h4,11-13,17-19,23,35-36H,1,5-10H2,2-3H3,(H,26,34)(H,27,37)(H,31,33)(H,41,42)(H,43,44)(H2,25,28,29)(H2,38,39,40)/t13-,17-,18-,19+,23-/m1/s1. The van der Waals surface area contributed by atoms with Crippen LogP contribution in [-0.4, -0.2) is 123 Å². The van der Waals surface area contributed by atoms with E-state index < -0.39 is 90.5 Å². The zero-order chi connectivity index (χ0) is 39.8. The van der Waals surface area contributed by atoms with E-state index in [4.69, 9.17) is 19.5 Å². The van der Waals surface area contributed by atoms with Gasteiger partial charge in [-0.1, -0.05) is 20.4 Å². The number of nitrogens with two attached hydrogens (primary N) is 1. The van der Waals surface area contributed by atoms with Crippen LogP contribution in [0.3, 0.4) is 0 Å². The van der Waals surface area contributed by atoms with Crippen molar-refractivity contribution in [3.63, 3.8) is 0 Å². The molecule has 0 aliphatic carbocycles. The highest BCUT2D eigenvalue weighted by Gasteiger charge is 2.50. The lowest BCUT2D eigenvalue weighted by atomic mass is 9.87. The van der Waals surface area contributed by atoms with Gasteiger partial charge in [-0.05, 0) is 18.0 Å². The summed E-state index contributed by atoms with van der Waals surface area (Å²) in [5, 5.41) is 26.2. The summed E-state index contributed by atoms with van der Waals surface area (Å²) >= 11 is 1.05. The van der Waals surface area contributed by atoms with Gasteiger partial charge in [0.15, 0.2) is 17.7 Å². The largest absolute Gasteiger partial charge is 0.481 e. The molecule has 0 aromatic carbocycles. The number of aliphatic hydroxyl groups is 2. The fourth-order valence-corrected chi connectivity index (χ4v) is 7.71. The summed E-state index contributed by atoms with van der Waals surface area (Å²) in [6, 6.07) is 0. The molecule has 3 amide bonds. The molecule has 7 atom stereocenters. The minimum atomic E-state index is -5.57. The number of aliphatic hydroxyl groups excluding tert-OH is 2. The number of ether oxygens (including phenoxy) is 1. The Kier molecular flexibility index (Phi) is 15.6. The van der Waals surface area contributed by atoms with Gasteiger partial charge in [-0.25, -0.2) is 28.6 Å². The van der Waals surface area contributed by atoms with E-state index >= 15 is 0 Å². The first kappa shape index (κ1) is 44.5. The third kappa shape index (κ3) is 13.4. The summed E-state index contributed by atoms with van der Waals surface area (Å²) in [5.41, 5.74) is 4.25. The molecule has 1 saturated heterocycles. The van der Waals surface area contributed by atoms with Crippen molar-refractivity contribution in [2.75, 3.05) is 37.8 Å². The number of amides is 3. The number of imidazole rings is 1. The average Bonchev–Trinajstić information content (AvgIpc) is 3.62. The Balaban J connectivity index is 1.52. The van der Waals surface area contributed by atoms with Gasteiger partial charge in [-0.3, -0.25) is 37.2 Å². The van der Waals surface area contributed by atoms with E-state index in [1.54, 1.807) is 0 Å². The second-order valence-electron chi connectivity index (χ2n) is 11.6. The molecular weight excluding hydrogens is 797 g/mol. The molecule has 0 spiro atoms. The van der Waals surface area contributed by atoms with Crippen LogP contribution in [0, 0.1) is 5.41 Å². The average molecular weight is 837 g/mol.